The molecule has 1 unspecified atom stereocenters. The van der Waals surface area contributed by atoms with Crippen molar-refractivity contribution in [1.82, 2.24) is 4.98 Å². The fraction of sp³-hybridized carbons (Fsp3) is 0.250. The van der Waals surface area contributed by atoms with Crippen LogP contribution in [0.4, 0.5) is 8.78 Å². The zero-order valence-electron chi connectivity index (χ0n) is 9.67. The van der Waals surface area contributed by atoms with Gasteiger partial charge in [0.2, 0.25) is 0 Å². The first-order valence-corrected chi connectivity index (χ1v) is 6.78. The molecule has 2 aromatic rings. The Labute approximate surface area is 115 Å². The van der Waals surface area contributed by atoms with Crippen molar-refractivity contribution < 1.29 is 13.9 Å². The Morgan fingerprint density at radius 1 is 1.33 bits per heavy atom. The van der Waals surface area contributed by atoms with Gasteiger partial charge in [-0.25, -0.2) is 13.8 Å². The normalized spacial score (nSPS) is 12.8. The van der Waals surface area contributed by atoms with Gasteiger partial charge in [0.05, 0.1) is 25.6 Å². The van der Waals surface area contributed by atoms with Gasteiger partial charge < -0.3 is 5.11 Å². The van der Waals surface area contributed by atoms with Crippen LogP contribution < -0.4 is 0 Å². The van der Waals surface area contributed by atoms with Gasteiger partial charge >= 0.3 is 0 Å². The lowest BCUT2D eigenvalue weighted by Gasteiger charge is -2.12. The zero-order valence-corrected chi connectivity index (χ0v) is 12.1. The van der Waals surface area contributed by atoms with Gasteiger partial charge in [0.25, 0.3) is 0 Å². The molecular formula is C12H10BrF2NOS. The molecule has 0 amide bonds. The van der Waals surface area contributed by atoms with E-state index < -0.39 is 17.7 Å². The Morgan fingerprint density at radius 3 is 2.56 bits per heavy atom. The van der Waals surface area contributed by atoms with Gasteiger partial charge in [-0.2, -0.15) is 0 Å². The third kappa shape index (κ3) is 2.32. The quantitative estimate of drug-likeness (QED) is 0.846. The minimum atomic E-state index is -1.34. The van der Waals surface area contributed by atoms with E-state index in [2.05, 4.69) is 20.9 Å². The minimum Gasteiger partial charge on any atom is -0.383 e. The number of hydrogen-bond acceptors (Lipinski definition) is 3. The van der Waals surface area contributed by atoms with Crippen LogP contribution in [0.15, 0.2) is 16.6 Å². The van der Waals surface area contributed by atoms with Crippen molar-refractivity contribution in [2.24, 2.45) is 0 Å². The molecule has 0 saturated carbocycles. The Balaban J connectivity index is 2.56. The monoisotopic (exact) mass is 333 g/mol. The summed E-state index contributed by atoms with van der Waals surface area (Å²) in [5.74, 6) is -1.55. The highest BCUT2D eigenvalue weighted by molar-refractivity contribution is 9.10. The van der Waals surface area contributed by atoms with Crippen LogP contribution in [-0.4, -0.2) is 10.1 Å². The average Bonchev–Trinajstić information content (AvgIpc) is 2.63. The van der Waals surface area contributed by atoms with Gasteiger partial charge in [-0.3, -0.25) is 0 Å². The highest BCUT2D eigenvalue weighted by Crippen LogP contribution is 2.34. The Bertz CT molecular complexity index is 600. The number of nitrogens with zero attached hydrogens (tertiary/aromatic N) is 1. The summed E-state index contributed by atoms with van der Waals surface area (Å²) in [6.07, 6.45) is -1.34. The van der Waals surface area contributed by atoms with Crippen LogP contribution in [0.1, 0.15) is 27.2 Å². The number of rotatable bonds is 2. The molecular weight excluding hydrogens is 324 g/mol. The molecule has 1 N–H and O–H groups in total. The molecule has 6 heteroatoms. The van der Waals surface area contributed by atoms with Crippen molar-refractivity contribution in [3.05, 3.63) is 49.4 Å². The van der Waals surface area contributed by atoms with Gasteiger partial charge in [-0.15, -0.1) is 11.3 Å². The van der Waals surface area contributed by atoms with Crippen molar-refractivity contribution in [3.8, 4) is 0 Å². The lowest BCUT2D eigenvalue weighted by atomic mass is 10.1. The Kier molecular flexibility index (Phi) is 3.79. The number of hydrogen-bond donors (Lipinski definition) is 1. The van der Waals surface area contributed by atoms with Gasteiger partial charge in [-0.05, 0) is 41.9 Å². The fourth-order valence-corrected chi connectivity index (χ4v) is 2.99. The first-order chi connectivity index (χ1) is 8.41. The van der Waals surface area contributed by atoms with E-state index in [0.29, 0.717) is 10.6 Å². The molecule has 0 bridgehead atoms. The smallest absolute Gasteiger partial charge is 0.146 e. The number of aliphatic hydroxyl groups is 1. The Hall–Kier alpha value is -0.850. The minimum absolute atomic E-state index is 0.122. The van der Waals surface area contributed by atoms with E-state index >= 15 is 0 Å². The summed E-state index contributed by atoms with van der Waals surface area (Å²) in [5, 5.41) is 10.9. The predicted molar refractivity (Wildman–Crippen MR) is 69.7 cm³/mol. The number of benzene rings is 1. The molecule has 96 valence electrons. The molecule has 0 aliphatic rings. The summed E-state index contributed by atoms with van der Waals surface area (Å²) in [5.41, 5.74) is 0.236. The number of aliphatic hydroxyl groups excluding tert-OH is 1. The molecule has 2 nitrogen and oxygen atoms in total. The Morgan fingerprint density at radius 2 is 2.00 bits per heavy atom. The van der Waals surface area contributed by atoms with Crippen LogP contribution in [0.5, 0.6) is 0 Å². The lowest BCUT2D eigenvalue weighted by Crippen LogP contribution is -2.06. The molecule has 0 spiro atoms. The van der Waals surface area contributed by atoms with Crippen molar-refractivity contribution in [1.29, 1.82) is 0 Å². The van der Waals surface area contributed by atoms with Crippen LogP contribution in [0.3, 0.4) is 0 Å². The first kappa shape index (κ1) is 13.6. The summed E-state index contributed by atoms with van der Waals surface area (Å²) in [7, 11) is 0. The summed E-state index contributed by atoms with van der Waals surface area (Å²) >= 11 is 4.21. The molecule has 0 fully saturated rings. The fourth-order valence-electron chi connectivity index (χ4n) is 1.73. The van der Waals surface area contributed by atoms with Gasteiger partial charge in [0.15, 0.2) is 0 Å². The molecule has 1 heterocycles. The summed E-state index contributed by atoms with van der Waals surface area (Å²) in [6.45, 7) is 3.48. The van der Waals surface area contributed by atoms with Crippen LogP contribution in [-0.2, 0) is 0 Å². The van der Waals surface area contributed by atoms with E-state index in [1.165, 1.54) is 17.4 Å². The highest BCUT2D eigenvalue weighted by Gasteiger charge is 2.24. The topological polar surface area (TPSA) is 33.1 Å². The second-order valence-electron chi connectivity index (χ2n) is 3.84. The highest BCUT2D eigenvalue weighted by atomic mass is 79.9. The molecule has 0 aliphatic carbocycles. The maximum absolute atomic E-state index is 13.9. The third-order valence-electron chi connectivity index (χ3n) is 2.54. The van der Waals surface area contributed by atoms with Gasteiger partial charge in [0, 0.05) is 0 Å². The number of thiazole rings is 1. The van der Waals surface area contributed by atoms with Crippen LogP contribution >= 0.6 is 27.3 Å². The van der Waals surface area contributed by atoms with Gasteiger partial charge in [-0.1, -0.05) is 0 Å². The van der Waals surface area contributed by atoms with Gasteiger partial charge in [0.1, 0.15) is 17.7 Å². The second kappa shape index (κ2) is 5.03. The van der Waals surface area contributed by atoms with Crippen molar-refractivity contribution in [2.45, 2.75) is 20.0 Å². The lowest BCUT2D eigenvalue weighted by molar-refractivity contribution is 0.211. The standard InChI is InChI=1S/C12H10BrF2NOS/c1-5-12(18-6(2)16-5)11(17)9-8(14)4-3-7(13)10(9)15/h3-4,11,17H,1-2H3. The number of aromatic nitrogens is 1. The SMILES string of the molecule is Cc1nc(C)c(C(O)c2c(F)ccc(Br)c2F)s1. The molecule has 0 saturated heterocycles. The van der Waals surface area contributed by atoms with E-state index in [9.17, 15) is 13.9 Å². The molecule has 18 heavy (non-hydrogen) atoms. The molecule has 1 atom stereocenters. The van der Waals surface area contributed by atoms with Crippen LogP contribution in [0.2, 0.25) is 0 Å². The predicted octanol–water partition coefficient (Wildman–Crippen LogP) is 3.88. The largest absolute Gasteiger partial charge is 0.383 e. The molecule has 1 aromatic carbocycles. The van der Waals surface area contributed by atoms with E-state index in [-0.39, 0.29) is 10.0 Å². The van der Waals surface area contributed by atoms with Crippen molar-refractivity contribution >= 4 is 27.3 Å². The molecule has 0 radical (unpaired) electrons. The van der Waals surface area contributed by atoms with E-state index in [4.69, 9.17) is 0 Å². The van der Waals surface area contributed by atoms with E-state index in [0.717, 1.165) is 11.1 Å². The molecule has 2 rings (SSSR count). The summed E-state index contributed by atoms with van der Waals surface area (Å²) in [6, 6.07) is 2.39. The summed E-state index contributed by atoms with van der Waals surface area (Å²) < 4.78 is 27.7. The second-order valence-corrected chi connectivity index (χ2v) is 5.93. The maximum atomic E-state index is 13.9. The molecule has 1 aromatic heterocycles. The average molecular weight is 334 g/mol. The third-order valence-corrected chi connectivity index (χ3v) is 4.28. The van der Waals surface area contributed by atoms with Crippen molar-refractivity contribution in [2.75, 3.05) is 0 Å². The van der Waals surface area contributed by atoms with E-state index in [1.807, 2.05) is 0 Å². The number of aryl methyl sites for hydroxylation is 2. The number of halogens is 3. The van der Waals surface area contributed by atoms with Crippen LogP contribution in [0.25, 0.3) is 0 Å². The maximum Gasteiger partial charge on any atom is 0.146 e. The first-order valence-electron chi connectivity index (χ1n) is 5.17. The van der Waals surface area contributed by atoms with E-state index in [1.54, 1.807) is 13.8 Å². The van der Waals surface area contributed by atoms with Crippen molar-refractivity contribution in [3.63, 3.8) is 0 Å². The summed E-state index contributed by atoms with van der Waals surface area (Å²) in [4.78, 5) is 4.60. The molecule has 0 aliphatic heterocycles. The van der Waals surface area contributed by atoms with Crippen LogP contribution in [0, 0.1) is 25.5 Å². The zero-order chi connectivity index (χ0) is 13.4.